The Labute approximate surface area is 176 Å². The minimum absolute atomic E-state index is 0.0924. The molecule has 2 aliphatic rings. The molecular weight excluding hydrogens is 402 g/mol. The van der Waals surface area contributed by atoms with Crippen molar-refractivity contribution in [1.29, 1.82) is 0 Å². The van der Waals surface area contributed by atoms with Gasteiger partial charge in [0.15, 0.2) is 0 Å². The Kier molecular flexibility index (Phi) is 5.05. The lowest BCUT2D eigenvalue weighted by Crippen LogP contribution is -2.48. The van der Waals surface area contributed by atoms with Gasteiger partial charge >= 0.3 is 0 Å². The number of carbonyl (C=O) groups excluding carboxylic acids is 2. The molecule has 2 fully saturated rings. The number of anilines is 2. The highest BCUT2D eigenvalue weighted by Crippen LogP contribution is 2.35. The van der Waals surface area contributed by atoms with Crippen LogP contribution in [-0.4, -0.2) is 57.1 Å². The van der Waals surface area contributed by atoms with Gasteiger partial charge in [0.05, 0.1) is 16.9 Å². The molecule has 2 amide bonds. The summed E-state index contributed by atoms with van der Waals surface area (Å²) >= 11 is 0. The Balaban J connectivity index is 1.45. The van der Waals surface area contributed by atoms with E-state index in [1.807, 2.05) is 18.2 Å². The standard InChI is InChI=1S/C22H25N3O4S/c1-22(2)16-30(28,29)25(21(22)27)19-10-8-17(9-11-19)20(26)24-14-12-23(13-15-24)18-6-4-3-5-7-18/h3-11H,12-16H2,1-2H3. The fraction of sp³-hybridized carbons (Fsp3) is 0.364. The van der Waals surface area contributed by atoms with E-state index in [1.54, 1.807) is 30.9 Å². The maximum absolute atomic E-state index is 12.9. The Bertz CT molecular complexity index is 1060. The van der Waals surface area contributed by atoms with Crippen LogP contribution >= 0.6 is 0 Å². The summed E-state index contributed by atoms with van der Waals surface area (Å²) in [6, 6.07) is 16.4. The molecule has 8 heteroatoms. The molecule has 0 saturated carbocycles. The van der Waals surface area contributed by atoms with E-state index in [0.29, 0.717) is 18.7 Å². The van der Waals surface area contributed by atoms with Crippen molar-refractivity contribution in [1.82, 2.24) is 4.90 Å². The van der Waals surface area contributed by atoms with Crippen LogP contribution in [0.15, 0.2) is 54.6 Å². The number of carbonyl (C=O) groups is 2. The summed E-state index contributed by atoms with van der Waals surface area (Å²) < 4.78 is 25.7. The molecule has 2 heterocycles. The first-order valence-corrected chi connectivity index (χ1v) is 11.6. The highest BCUT2D eigenvalue weighted by molar-refractivity contribution is 7.94. The molecule has 0 unspecified atom stereocenters. The molecule has 2 aromatic carbocycles. The van der Waals surface area contributed by atoms with Gasteiger partial charge in [-0.3, -0.25) is 9.59 Å². The molecule has 30 heavy (non-hydrogen) atoms. The van der Waals surface area contributed by atoms with Gasteiger partial charge in [-0.1, -0.05) is 18.2 Å². The first kappa shape index (κ1) is 20.4. The van der Waals surface area contributed by atoms with Crippen molar-refractivity contribution in [2.45, 2.75) is 13.8 Å². The molecule has 0 radical (unpaired) electrons. The van der Waals surface area contributed by atoms with E-state index in [-0.39, 0.29) is 17.3 Å². The number of hydrogen-bond donors (Lipinski definition) is 0. The van der Waals surface area contributed by atoms with Gasteiger partial charge in [-0.2, -0.15) is 0 Å². The zero-order chi connectivity index (χ0) is 21.5. The number of rotatable bonds is 3. The lowest BCUT2D eigenvalue weighted by Gasteiger charge is -2.36. The van der Waals surface area contributed by atoms with Gasteiger partial charge in [-0.15, -0.1) is 0 Å². The van der Waals surface area contributed by atoms with Crippen molar-refractivity contribution >= 4 is 33.2 Å². The highest BCUT2D eigenvalue weighted by atomic mass is 32.2. The molecule has 2 aliphatic heterocycles. The van der Waals surface area contributed by atoms with Crippen molar-refractivity contribution in [3.8, 4) is 0 Å². The maximum Gasteiger partial charge on any atom is 0.253 e. The minimum Gasteiger partial charge on any atom is -0.368 e. The van der Waals surface area contributed by atoms with E-state index in [1.165, 1.54) is 12.1 Å². The molecule has 158 valence electrons. The fourth-order valence-corrected chi connectivity index (χ4v) is 6.10. The average Bonchev–Trinajstić information content (AvgIpc) is 2.90. The van der Waals surface area contributed by atoms with Crippen LogP contribution in [0.1, 0.15) is 24.2 Å². The Morgan fingerprint density at radius 3 is 2.00 bits per heavy atom. The number of para-hydroxylation sites is 1. The molecule has 0 aromatic heterocycles. The van der Waals surface area contributed by atoms with Gasteiger partial charge in [0.25, 0.3) is 5.91 Å². The van der Waals surface area contributed by atoms with Crippen LogP contribution in [0.25, 0.3) is 0 Å². The van der Waals surface area contributed by atoms with Crippen molar-refractivity contribution in [2.24, 2.45) is 5.41 Å². The van der Waals surface area contributed by atoms with Crippen molar-refractivity contribution in [3.05, 3.63) is 60.2 Å². The Morgan fingerprint density at radius 1 is 0.867 bits per heavy atom. The fourth-order valence-electron chi connectivity index (χ4n) is 3.99. The smallest absolute Gasteiger partial charge is 0.253 e. The predicted molar refractivity (Wildman–Crippen MR) is 116 cm³/mol. The van der Waals surface area contributed by atoms with Gasteiger partial charge in [0, 0.05) is 37.4 Å². The largest absolute Gasteiger partial charge is 0.368 e. The minimum atomic E-state index is -3.70. The summed E-state index contributed by atoms with van der Waals surface area (Å²) in [6.45, 7) is 5.98. The molecule has 0 atom stereocenters. The Morgan fingerprint density at radius 2 is 1.47 bits per heavy atom. The van der Waals surface area contributed by atoms with Crippen molar-refractivity contribution < 1.29 is 18.0 Å². The molecule has 2 saturated heterocycles. The van der Waals surface area contributed by atoms with Gasteiger partial charge < -0.3 is 9.80 Å². The second-order valence-electron chi connectivity index (χ2n) is 8.37. The van der Waals surface area contributed by atoms with Gasteiger partial charge in [0.2, 0.25) is 15.9 Å². The van der Waals surface area contributed by atoms with Crippen molar-refractivity contribution in [3.63, 3.8) is 0 Å². The van der Waals surface area contributed by atoms with E-state index in [4.69, 9.17) is 0 Å². The van der Waals surface area contributed by atoms with Crippen molar-refractivity contribution in [2.75, 3.05) is 41.1 Å². The third-order valence-corrected chi connectivity index (χ3v) is 7.64. The molecule has 2 aromatic rings. The summed E-state index contributed by atoms with van der Waals surface area (Å²) in [5.41, 5.74) is 0.950. The quantitative estimate of drug-likeness (QED) is 0.752. The third-order valence-electron chi connectivity index (χ3n) is 5.62. The average molecular weight is 428 g/mol. The van der Waals surface area contributed by atoms with Crippen LogP contribution in [-0.2, 0) is 14.8 Å². The summed E-state index contributed by atoms with van der Waals surface area (Å²) in [4.78, 5) is 29.5. The van der Waals surface area contributed by atoms with Crippen LogP contribution < -0.4 is 9.21 Å². The van der Waals surface area contributed by atoms with E-state index in [9.17, 15) is 18.0 Å². The lowest BCUT2D eigenvalue weighted by atomic mass is 9.95. The zero-order valence-corrected chi connectivity index (χ0v) is 17.9. The number of hydrogen-bond acceptors (Lipinski definition) is 5. The Hall–Kier alpha value is -2.87. The number of sulfonamides is 1. The monoisotopic (exact) mass is 427 g/mol. The van der Waals surface area contributed by atoms with E-state index in [0.717, 1.165) is 23.1 Å². The van der Waals surface area contributed by atoms with Gasteiger partial charge in [0.1, 0.15) is 0 Å². The summed E-state index contributed by atoms with van der Waals surface area (Å²) in [7, 11) is -3.70. The SMILES string of the molecule is CC1(C)CS(=O)(=O)N(c2ccc(C(=O)N3CCN(c4ccccc4)CC3)cc2)C1=O. The topological polar surface area (TPSA) is 78.0 Å². The van der Waals surface area contributed by atoms with Crippen LogP contribution in [0.2, 0.25) is 0 Å². The number of benzene rings is 2. The van der Waals surface area contributed by atoms with Crippen LogP contribution in [0.4, 0.5) is 11.4 Å². The van der Waals surface area contributed by atoms with E-state index in [2.05, 4.69) is 17.0 Å². The lowest BCUT2D eigenvalue weighted by molar-refractivity contribution is -0.123. The number of piperazine rings is 1. The maximum atomic E-state index is 12.9. The second kappa shape index (κ2) is 7.43. The highest BCUT2D eigenvalue weighted by Gasteiger charge is 2.49. The summed E-state index contributed by atoms with van der Waals surface area (Å²) in [5, 5.41) is 0. The van der Waals surface area contributed by atoms with E-state index < -0.39 is 21.3 Å². The number of amides is 2. The van der Waals surface area contributed by atoms with Gasteiger partial charge in [-0.05, 0) is 50.2 Å². The molecule has 0 aliphatic carbocycles. The summed E-state index contributed by atoms with van der Waals surface area (Å²) in [5.74, 6) is -0.755. The molecule has 7 nitrogen and oxygen atoms in total. The van der Waals surface area contributed by atoms with Crippen LogP contribution in [0, 0.1) is 5.41 Å². The van der Waals surface area contributed by atoms with Crippen LogP contribution in [0.3, 0.4) is 0 Å². The molecular formula is C22H25N3O4S. The molecule has 0 N–H and O–H groups in total. The normalized spacial score (nSPS) is 20.5. The van der Waals surface area contributed by atoms with Crippen LogP contribution in [0.5, 0.6) is 0 Å². The third kappa shape index (κ3) is 3.67. The molecule has 4 rings (SSSR count). The number of nitrogens with zero attached hydrogens (tertiary/aromatic N) is 3. The zero-order valence-electron chi connectivity index (χ0n) is 17.1. The van der Waals surface area contributed by atoms with E-state index >= 15 is 0 Å². The first-order chi connectivity index (χ1) is 14.2. The predicted octanol–water partition coefficient (Wildman–Crippen LogP) is 2.35. The first-order valence-electron chi connectivity index (χ1n) is 9.96. The second-order valence-corrected chi connectivity index (χ2v) is 10.2. The van der Waals surface area contributed by atoms with Gasteiger partial charge in [-0.25, -0.2) is 12.7 Å². The summed E-state index contributed by atoms with van der Waals surface area (Å²) in [6.07, 6.45) is 0. The molecule has 0 spiro atoms. The molecule has 0 bridgehead atoms.